The standard InChI is InChI=1S/C27H31N5O2/c1-34-27(33)26(21-7-3-2-4-8-21)31-14-12-20(13-15-31)6-5-9-22-17-28-25-11-10-23(16-24(22)25)32-18-29-30-19-32/h2-4,7-8,10-11,16-20,26,28H,5-6,9,12-15H2,1H3. The van der Waals surface area contributed by atoms with Gasteiger partial charge in [0.1, 0.15) is 18.7 Å². The Bertz CT molecular complexity index is 1210. The molecule has 1 fully saturated rings. The number of hydrogen-bond donors (Lipinski definition) is 1. The summed E-state index contributed by atoms with van der Waals surface area (Å²) in [5.41, 5.74) is 4.61. The van der Waals surface area contributed by atoms with Crippen molar-refractivity contribution in [3.8, 4) is 5.69 Å². The molecule has 0 radical (unpaired) electrons. The molecule has 0 spiro atoms. The summed E-state index contributed by atoms with van der Waals surface area (Å²) in [6, 6.07) is 16.1. The zero-order chi connectivity index (χ0) is 23.3. The van der Waals surface area contributed by atoms with Crippen LogP contribution in [0.15, 0.2) is 67.4 Å². The predicted octanol–water partition coefficient (Wildman–Crippen LogP) is 4.70. The van der Waals surface area contributed by atoms with Gasteiger partial charge in [0.2, 0.25) is 0 Å². The Hall–Kier alpha value is -3.45. The Balaban J connectivity index is 1.17. The van der Waals surface area contributed by atoms with Crippen LogP contribution in [0.1, 0.15) is 42.9 Å². The summed E-state index contributed by atoms with van der Waals surface area (Å²) < 4.78 is 7.06. The quantitative estimate of drug-likeness (QED) is 0.388. The van der Waals surface area contributed by atoms with E-state index in [1.807, 2.05) is 34.9 Å². The summed E-state index contributed by atoms with van der Waals surface area (Å²) in [6.45, 7) is 1.85. The molecule has 0 aliphatic carbocycles. The first-order valence-electron chi connectivity index (χ1n) is 12.0. The molecule has 1 aliphatic heterocycles. The van der Waals surface area contributed by atoms with Gasteiger partial charge in [0.15, 0.2) is 0 Å². The summed E-state index contributed by atoms with van der Waals surface area (Å²) in [4.78, 5) is 18.2. The number of piperidine rings is 1. The molecule has 3 heterocycles. The van der Waals surface area contributed by atoms with Gasteiger partial charge in [-0.05, 0) is 74.0 Å². The largest absolute Gasteiger partial charge is 0.468 e. The number of benzene rings is 2. The fraction of sp³-hybridized carbons (Fsp3) is 0.370. The van der Waals surface area contributed by atoms with E-state index in [-0.39, 0.29) is 12.0 Å². The van der Waals surface area contributed by atoms with Gasteiger partial charge in [-0.15, -0.1) is 10.2 Å². The van der Waals surface area contributed by atoms with Crippen molar-refractivity contribution in [1.29, 1.82) is 0 Å². The lowest BCUT2D eigenvalue weighted by Gasteiger charge is -2.36. The number of ether oxygens (including phenoxy) is 1. The molecular weight excluding hydrogens is 426 g/mol. The number of nitrogens with one attached hydrogen (secondary N) is 1. The number of carbonyl (C=O) groups is 1. The van der Waals surface area contributed by atoms with Gasteiger partial charge in [0, 0.05) is 22.8 Å². The number of aryl methyl sites for hydroxylation is 1. The van der Waals surface area contributed by atoms with Crippen molar-refractivity contribution in [1.82, 2.24) is 24.6 Å². The van der Waals surface area contributed by atoms with Gasteiger partial charge in [-0.1, -0.05) is 36.8 Å². The Morgan fingerprint density at radius 1 is 1.12 bits per heavy atom. The normalized spacial score (nSPS) is 16.0. The van der Waals surface area contributed by atoms with Crippen LogP contribution in [-0.2, 0) is 16.0 Å². The SMILES string of the molecule is COC(=O)C(c1ccccc1)N1CCC(CCCc2c[nH]c3ccc(-n4cnnc4)cc23)CC1. The minimum Gasteiger partial charge on any atom is -0.468 e. The van der Waals surface area contributed by atoms with E-state index in [0.29, 0.717) is 5.92 Å². The molecule has 7 nitrogen and oxygen atoms in total. The topological polar surface area (TPSA) is 76.0 Å². The molecule has 7 heteroatoms. The van der Waals surface area contributed by atoms with E-state index in [0.717, 1.165) is 55.5 Å². The molecule has 1 N–H and O–H groups in total. The van der Waals surface area contributed by atoms with Gasteiger partial charge in [0.25, 0.3) is 0 Å². The van der Waals surface area contributed by atoms with Crippen LogP contribution in [-0.4, -0.2) is 50.8 Å². The van der Waals surface area contributed by atoms with Crippen LogP contribution in [0.25, 0.3) is 16.6 Å². The Kier molecular flexibility index (Phi) is 6.72. The number of likely N-dealkylation sites (tertiary alicyclic amines) is 1. The van der Waals surface area contributed by atoms with E-state index >= 15 is 0 Å². The van der Waals surface area contributed by atoms with Crippen molar-refractivity contribution in [2.45, 2.75) is 38.1 Å². The van der Waals surface area contributed by atoms with Crippen molar-refractivity contribution in [3.63, 3.8) is 0 Å². The van der Waals surface area contributed by atoms with Crippen LogP contribution in [0.4, 0.5) is 0 Å². The van der Waals surface area contributed by atoms with Gasteiger partial charge >= 0.3 is 5.97 Å². The first-order valence-corrected chi connectivity index (χ1v) is 12.0. The first-order chi connectivity index (χ1) is 16.7. The van der Waals surface area contributed by atoms with Crippen LogP contribution in [0.2, 0.25) is 0 Å². The zero-order valence-corrected chi connectivity index (χ0v) is 19.6. The summed E-state index contributed by atoms with van der Waals surface area (Å²) in [5, 5.41) is 9.10. The molecule has 1 unspecified atom stereocenters. The van der Waals surface area contributed by atoms with Crippen LogP contribution >= 0.6 is 0 Å². The van der Waals surface area contributed by atoms with Crippen LogP contribution in [0.5, 0.6) is 0 Å². The molecule has 176 valence electrons. The number of methoxy groups -OCH3 is 1. The highest BCUT2D eigenvalue weighted by atomic mass is 16.5. The lowest BCUT2D eigenvalue weighted by Crippen LogP contribution is -2.40. The number of aromatic nitrogens is 4. The van der Waals surface area contributed by atoms with Gasteiger partial charge in [-0.2, -0.15) is 0 Å². The van der Waals surface area contributed by atoms with E-state index < -0.39 is 0 Å². The third kappa shape index (κ3) is 4.75. The predicted molar refractivity (Wildman–Crippen MR) is 132 cm³/mol. The summed E-state index contributed by atoms with van der Waals surface area (Å²) in [6.07, 6.45) is 11.3. The molecule has 0 saturated carbocycles. The number of fused-ring (bicyclic) bond motifs is 1. The second-order valence-corrected chi connectivity index (χ2v) is 9.12. The third-order valence-electron chi connectivity index (χ3n) is 7.08. The Labute approximate surface area is 199 Å². The number of esters is 1. The maximum atomic E-state index is 12.5. The van der Waals surface area contributed by atoms with Gasteiger partial charge in [-0.3, -0.25) is 9.47 Å². The average molecular weight is 458 g/mol. The first kappa shape index (κ1) is 22.3. The maximum Gasteiger partial charge on any atom is 0.327 e. The summed E-state index contributed by atoms with van der Waals surface area (Å²) in [7, 11) is 1.48. The minimum atomic E-state index is -0.307. The highest BCUT2D eigenvalue weighted by Crippen LogP contribution is 2.31. The highest BCUT2D eigenvalue weighted by molar-refractivity contribution is 5.85. The Morgan fingerprint density at radius 3 is 2.62 bits per heavy atom. The average Bonchev–Trinajstić information content (AvgIpc) is 3.56. The van der Waals surface area contributed by atoms with E-state index in [1.165, 1.54) is 24.5 Å². The molecule has 1 aliphatic rings. The van der Waals surface area contributed by atoms with Gasteiger partial charge < -0.3 is 9.72 Å². The lowest BCUT2D eigenvalue weighted by molar-refractivity contribution is -0.148. The zero-order valence-electron chi connectivity index (χ0n) is 19.6. The summed E-state index contributed by atoms with van der Waals surface area (Å²) in [5.74, 6) is 0.526. The van der Waals surface area contributed by atoms with E-state index in [1.54, 1.807) is 12.7 Å². The van der Waals surface area contributed by atoms with Crippen molar-refractivity contribution >= 4 is 16.9 Å². The molecule has 2 aromatic heterocycles. The molecule has 1 saturated heterocycles. The smallest absolute Gasteiger partial charge is 0.327 e. The number of nitrogens with zero attached hydrogens (tertiary/aromatic N) is 4. The second kappa shape index (κ2) is 10.2. The molecule has 34 heavy (non-hydrogen) atoms. The van der Waals surface area contributed by atoms with Crippen molar-refractivity contribution in [3.05, 3.63) is 78.5 Å². The molecule has 0 amide bonds. The molecule has 1 atom stereocenters. The minimum absolute atomic E-state index is 0.171. The van der Waals surface area contributed by atoms with Gasteiger partial charge in [0.05, 0.1) is 7.11 Å². The molecule has 0 bridgehead atoms. The van der Waals surface area contributed by atoms with E-state index in [9.17, 15) is 4.79 Å². The highest BCUT2D eigenvalue weighted by Gasteiger charge is 2.31. The molecule has 5 rings (SSSR count). The number of H-pyrrole nitrogens is 1. The van der Waals surface area contributed by atoms with E-state index in [2.05, 4.69) is 44.5 Å². The van der Waals surface area contributed by atoms with Crippen LogP contribution in [0.3, 0.4) is 0 Å². The number of aromatic amines is 1. The van der Waals surface area contributed by atoms with Crippen LogP contribution in [0, 0.1) is 5.92 Å². The fourth-order valence-electron chi connectivity index (χ4n) is 5.19. The number of rotatable bonds is 8. The molecular formula is C27H31N5O2. The third-order valence-corrected chi connectivity index (χ3v) is 7.08. The summed E-state index contributed by atoms with van der Waals surface area (Å²) >= 11 is 0. The Morgan fingerprint density at radius 2 is 1.88 bits per heavy atom. The molecule has 2 aromatic carbocycles. The maximum absolute atomic E-state index is 12.5. The monoisotopic (exact) mass is 457 g/mol. The number of hydrogen-bond acceptors (Lipinski definition) is 5. The number of carbonyl (C=O) groups excluding carboxylic acids is 1. The van der Waals surface area contributed by atoms with E-state index in [4.69, 9.17) is 4.74 Å². The van der Waals surface area contributed by atoms with Crippen molar-refractivity contribution in [2.75, 3.05) is 20.2 Å². The van der Waals surface area contributed by atoms with Gasteiger partial charge in [-0.25, -0.2) is 4.79 Å². The van der Waals surface area contributed by atoms with Crippen molar-refractivity contribution in [2.24, 2.45) is 5.92 Å². The fourth-order valence-corrected chi connectivity index (χ4v) is 5.19. The second-order valence-electron chi connectivity index (χ2n) is 9.12. The molecule has 4 aromatic rings. The lowest BCUT2D eigenvalue weighted by atomic mass is 9.89. The van der Waals surface area contributed by atoms with Crippen molar-refractivity contribution < 1.29 is 9.53 Å². The van der Waals surface area contributed by atoms with Crippen LogP contribution < -0.4 is 0 Å².